The summed E-state index contributed by atoms with van der Waals surface area (Å²) >= 11 is 0. The Morgan fingerprint density at radius 1 is 0.875 bits per heavy atom. The molecule has 1 aliphatic rings. The van der Waals surface area contributed by atoms with Crippen LogP contribution in [0.25, 0.3) is 0 Å². The fourth-order valence-electron chi connectivity index (χ4n) is 4.24. The molecule has 0 radical (unpaired) electrons. The number of nitrogens with one attached hydrogen (secondary N) is 1. The lowest BCUT2D eigenvalue weighted by Crippen LogP contribution is -2.25. The number of hydrogen-bond donors (Lipinski definition) is 2. The van der Waals surface area contributed by atoms with Gasteiger partial charge in [0.2, 0.25) is 0 Å². The fraction of sp³-hybridized carbons (Fsp3) is 0.346. The summed E-state index contributed by atoms with van der Waals surface area (Å²) in [7, 11) is 3.36. The van der Waals surface area contributed by atoms with Gasteiger partial charge >= 0.3 is 0 Å². The first-order valence-electron chi connectivity index (χ1n) is 11.2. The normalized spacial score (nSPS) is 13.7. The van der Waals surface area contributed by atoms with E-state index in [9.17, 15) is 0 Å². The molecule has 4 rings (SSSR count). The molecule has 6 heteroatoms. The second kappa shape index (κ2) is 10.3. The van der Waals surface area contributed by atoms with Crippen LogP contribution in [0.3, 0.4) is 0 Å². The topological polar surface area (TPSA) is 72.6 Å². The Balaban J connectivity index is 1.62. The average Bonchev–Trinajstić information content (AvgIpc) is 3.34. The molecule has 1 aliphatic carbocycles. The summed E-state index contributed by atoms with van der Waals surface area (Å²) < 4.78 is 10.6. The Bertz CT molecular complexity index is 950. The van der Waals surface area contributed by atoms with Crippen LogP contribution in [0.1, 0.15) is 36.8 Å². The van der Waals surface area contributed by atoms with Gasteiger partial charge in [0.15, 0.2) is 5.82 Å². The van der Waals surface area contributed by atoms with Gasteiger partial charge in [-0.2, -0.15) is 0 Å². The number of pyridine rings is 1. The van der Waals surface area contributed by atoms with Crippen LogP contribution in [-0.2, 0) is 13.1 Å². The first-order valence-corrected chi connectivity index (χ1v) is 11.2. The highest BCUT2D eigenvalue weighted by Gasteiger charge is 2.19. The summed E-state index contributed by atoms with van der Waals surface area (Å²) in [6.45, 7) is 1.36. The molecule has 0 aliphatic heterocycles. The van der Waals surface area contributed by atoms with Gasteiger partial charge in [-0.3, -0.25) is 0 Å². The first kappa shape index (κ1) is 21.8. The predicted octanol–water partition coefficient (Wildman–Crippen LogP) is 5.24. The molecule has 1 saturated carbocycles. The number of nitrogen functional groups attached to an aromatic ring is 1. The van der Waals surface area contributed by atoms with Gasteiger partial charge in [-0.15, -0.1) is 0 Å². The Labute approximate surface area is 190 Å². The molecule has 0 amide bonds. The first-order chi connectivity index (χ1) is 15.7. The number of aromatic nitrogens is 1. The van der Waals surface area contributed by atoms with E-state index in [0.29, 0.717) is 24.8 Å². The lowest BCUT2D eigenvalue weighted by molar-refractivity contribution is 0.414. The zero-order valence-corrected chi connectivity index (χ0v) is 18.9. The van der Waals surface area contributed by atoms with Crippen molar-refractivity contribution in [3.05, 3.63) is 71.9 Å². The van der Waals surface area contributed by atoms with Gasteiger partial charge < -0.3 is 25.4 Å². The number of nitrogens with two attached hydrogens (primary N) is 1. The van der Waals surface area contributed by atoms with E-state index in [-0.39, 0.29) is 0 Å². The number of rotatable bonds is 9. The highest BCUT2D eigenvalue weighted by Crippen LogP contribution is 2.33. The van der Waals surface area contributed by atoms with Gasteiger partial charge in [0.25, 0.3) is 0 Å². The minimum Gasteiger partial charge on any atom is -0.497 e. The van der Waals surface area contributed by atoms with Gasteiger partial charge in [-0.05, 0) is 54.3 Å². The largest absolute Gasteiger partial charge is 0.497 e. The van der Waals surface area contributed by atoms with Gasteiger partial charge in [0.05, 0.1) is 25.6 Å². The molecular formula is C26H32N4O2. The van der Waals surface area contributed by atoms with Crippen molar-refractivity contribution >= 4 is 17.2 Å². The second-order valence-electron chi connectivity index (χ2n) is 8.27. The zero-order chi connectivity index (χ0) is 22.3. The third-order valence-corrected chi connectivity index (χ3v) is 6.05. The predicted molar refractivity (Wildman–Crippen MR) is 130 cm³/mol. The number of benzene rings is 2. The van der Waals surface area contributed by atoms with Gasteiger partial charge in [-0.1, -0.05) is 37.1 Å². The Kier molecular flexibility index (Phi) is 7.00. The van der Waals surface area contributed by atoms with Crippen molar-refractivity contribution in [2.24, 2.45) is 0 Å². The number of hydrogen-bond acceptors (Lipinski definition) is 6. The van der Waals surface area contributed by atoms with Crippen LogP contribution in [0.5, 0.6) is 11.5 Å². The molecule has 3 aromatic rings. The van der Waals surface area contributed by atoms with Crippen LogP contribution in [0, 0.1) is 0 Å². The molecular weight excluding hydrogens is 400 g/mol. The fourth-order valence-corrected chi connectivity index (χ4v) is 4.24. The van der Waals surface area contributed by atoms with Crippen LogP contribution in [0.15, 0.2) is 60.8 Å². The zero-order valence-electron chi connectivity index (χ0n) is 18.9. The molecule has 0 unspecified atom stereocenters. The lowest BCUT2D eigenvalue weighted by atomic mass is 10.1. The molecule has 0 spiro atoms. The van der Waals surface area contributed by atoms with Crippen LogP contribution >= 0.6 is 0 Å². The molecule has 3 N–H and O–H groups in total. The maximum Gasteiger partial charge on any atom is 0.154 e. The molecule has 168 valence electrons. The number of anilines is 3. The number of methoxy groups -OCH3 is 2. The lowest BCUT2D eigenvalue weighted by Gasteiger charge is -2.27. The summed E-state index contributed by atoms with van der Waals surface area (Å²) in [4.78, 5) is 6.91. The molecule has 1 aromatic heterocycles. The van der Waals surface area contributed by atoms with Crippen LogP contribution in [0.4, 0.5) is 17.2 Å². The van der Waals surface area contributed by atoms with E-state index in [1.54, 1.807) is 14.2 Å². The maximum atomic E-state index is 6.65. The highest BCUT2D eigenvalue weighted by molar-refractivity contribution is 5.78. The Morgan fingerprint density at radius 2 is 1.41 bits per heavy atom. The molecule has 1 fully saturated rings. The van der Waals surface area contributed by atoms with E-state index in [4.69, 9.17) is 15.2 Å². The van der Waals surface area contributed by atoms with E-state index >= 15 is 0 Å². The highest BCUT2D eigenvalue weighted by atomic mass is 16.5. The van der Waals surface area contributed by atoms with E-state index in [1.807, 2.05) is 36.5 Å². The third kappa shape index (κ3) is 5.25. The summed E-state index contributed by atoms with van der Waals surface area (Å²) in [5, 5.41) is 3.64. The smallest absolute Gasteiger partial charge is 0.154 e. The molecule has 1 heterocycles. The summed E-state index contributed by atoms with van der Waals surface area (Å²) in [6, 6.07) is 18.7. The Morgan fingerprint density at radius 3 is 1.91 bits per heavy atom. The molecule has 6 nitrogen and oxygen atoms in total. The van der Waals surface area contributed by atoms with Gasteiger partial charge in [0.1, 0.15) is 11.5 Å². The van der Waals surface area contributed by atoms with Crippen molar-refractivity contribution in [2.75, 3.05) is 30.2 Å². The van der Waals surface area contributed by atoms with Crippen molar-refractivity contribution in [3.63, 3.8) is 0 Å². The van der Waals surface area contributed by atoms with Crippen molar-refractivity contribution in [1.29, 1.82) is 0 Å². The quantitative estimate of drug-likeness (QED) is 0.482. The third-order valence-electron chi connectivity index (χ3n) is 6.05. The molecule has 0 bridgehead atoms. The van der Waals surface area contributed by atoms with Crippen molar-refractivity contribution in [2.45, 2.75) is 44.8 Å². The van der Waals surface area contributed by atoms with Crippen molar-refractivity contribution in [3.8, 4) is 11.5 Å². The number of nitrogens with zero attached hydrogens (tertiary/aromatic N) is 2. The number of ether oxygens (including phenoxy) is 2. The SMILES string of the molecule is COc1ccc(CN(Cc2ccc(OC)cc2)c2nccc(NC3CCCC3)c2N)cc1. The second-order valence-corrected chi connectivity index (χ2v) is 8.27. The van der Waals surface area contributed by atoms with Crippen LogP contribution < -0.4 is 25.4 Å². The molecule has 0 saturated heterocycles. The maximum absolute atomic E-state index is 6.65. The van der Waals surface area contributed by atoms with Gasteiger partial charge in [-0.25, -0.2) is 4.98 Å². The van der Waals surface area contributed by atoms with E-state index in [1.165, 1.54) is 25.7 Å². The Hall–Kier alpha value is -3.41. The van der Waals surface area contributed by atoms with E-state index < -0.39 is 0 Å². The van der Waals surface area contributed by atoms with E-state index in [0.717, 1.165) is 34.1 Å². The standard InChI is InChI=1S/C26H32N4O2/c1-31-22-11-7-19(8-12-22)17-30(18-20-9-13-23(32-2)14-10-20)26-25(27)24(15-16-28-26)29-21-5-3-4-6-21/h7-16,21H,3-6,17-18,27H2,1-2H3,(H,28,29). The molecule has 32 heavy (non-hydrogen) atoms. The monoisotopic (exact) mass is 432 g/mol. The minimum atomic E-state index is 0.490. The molecule has 2 aromatic carbocycles. The van der Waals surface area contributed by atoms with Crippen molar-refractivity contribution in [1.82, 2.24) is 4.98 Å². The summed E-state index contributed by atoms with van der Waals surface area (Å²) in [6.07, 6.45) is 6.78. The van der Waals surface area contributed by atoms with E-state index in [2.05, 4.69) is 39.5 Å². The van der Waals surface area contributed by atoms with Crippen molar-refractivity contribution < 1.29 is 9.47 Å². The van der Waals surface area contributed by atoms with Gasteiger partial charge in [0, 0.05) is 25.3 Å². The summed E-state index contributed by atoms with van der Waals surface area (Å²) in [5.74, 6) is 2.48. The van der Waals surface area contributed by atoms with Crippen LogP contribution in [0.2, 0.25) is 0 Å². The molecule has 0 atom stereocenters. The average molecular weight is 433 g/mol. The summed E-state index contributed by atoms with van der Waals surface area (Å²) in [5.41, 5.74) is 10.6. The van der Waals surface area contributed by atoms with Crippen LogP contribution in [-0.4, -0.2) is 25.2 Å². The minimum absolute atomic E-state index is 0.490.